The van der Waals surface area contributed by atoms with Gasteiger partial charge in [0, 0.05) is 6.72 Å². The lowest BCUT2D eigenvalue weighted by Gasteiger charge is -2.16. The molecule has 0 spiro atoms. The molecule has 1 aromatic carbocycles. The number of nitrogens with two attached hydrogens (primary N) is 1. The van der Waals surface area contributed by atoms with Gasteiger partial charge in [-0.2, -0.15) is 10.2 Å². The van der Waals surface area contributed by atoms with Gasteiger partial charge in [0.05, 0.1) is 12.8 Å². The Morgan fingerprint density at radius 1 is 1.47 bits per heavy atom. The summed E-state index contributed by atoms with van der Waals surface area (Å²) in [5.74, 6) is 5.86. The predicted octanol–water partition coefficient (Wildman–Crippen LogP) is 1.28. The van der Waals surface area contributed by atoms with Crippen LogP contribution < -0.4 is 15.6 Å². The molecular weight excluding hydrogens is 212 g/mol. The second-order valence-corrected chi connectivity index (χ2v) is 2.98. The molecule has 0 fully saturated rings. The van der Waals surface area contributed by atoms with Crippen LogP contribution in [0.25, 0.3) is 0 Å². The largest absolute Gasteiger partial charge is 0.497 e. The first kappa shape index (κ1) is 11.4. The molecule has 0 amide bonds. The van der Waals surface area contributed by atoms with Crippen LogP contribution in [0.2, 0.25) is 0 Å². The Balaban J connectivity index is 2.98. The number of benzene rings is 1. The highest BCUT2D eigenvalue weighted by atomic mass is 32.1. The maximum Gasteiger partial charge on any atom is 0.204 e. The fourth-order valence-electron chi connectivity index (χ4n) is 1.04. The Kier molecular flexibility index (Phi) is 3.99. The molecule has 5 nitrogen and oxygen atoms in total. The van der Waals surface area contributed by atoms with E-state index in [0.717, 1.165) is 11.4 Å². The van der Waals surface area contributed by atoms with Crippen molar-refractivity contribution in [2.24, 2.45) is 16.0 Å². The van der Waals surface area contributed by atoms with Gasteiger partial charge in [0.2, 0.25) is 5.17 Å². The van der Waals surface area contributed by atoms with Crippen LogP contribution >= 0.6 is 12.6 Å². The minimum atomic E-state index is 0.259. The molecule has 0 saturated carbocycles. The number of anilines is 1. The van der Waals surface area contributed by atoms with Gasteiger partial charge >= 0.3 is 0 Å². The Bertz CT molecular complexity index is 363. The van der Waals surface area contributed by atoms with Gasteiger partial charge in [0.15, 0.2) is 0 Å². The summed E-state index contributed by atoms with van der Waals surface area (Å²) in [7, 11) is 1.60. The fourth-order valence-corrected chi connectivity index (χ4v) is 1.22. The molecule has 1 rings (SSSR count). The van der Waals surface area contributed by atoms with E-state index in [-0.39, 0.29) is 5.17 Å². The van der Waals surface area contributed by atoms with Crippen LogP contribution in [-0.4, -0.2) is 19.0 Å². The van der Waals surface area contributed by atoms with E-state index in [9.17, 15) is 0 Å². The van der Waals surface area contributed by atoms with Crippen molar-refractivity contribution in [3.05, 3.63) is 24.3 Å². The van der Waals surface area contributed by atoms with Gasteiger partial charge in [0.25, 0.3) is 0 Å². The number of methoxy groups -OCH3 is 1. The Hall–Kier alpha value is -1.69. The highest BCUT2D eigenvalue weighted by Crippen LogP contribution is 2.20. The van der Waals surface area contributed by atoms with Crippen molar-refractivity contribution in [3.8, 4) is 5.75 Å². The summed E-state index contributed by atoms with van der Waals surface area (Å²) < 4.78 is 5.03. The summed E-state index contributed by atoms with van der Waals surface area (Å²) in [4.78, 5) is 0. The van der Waals surface area contributed by atoms with E-state index >= 15 is 0 Å². The third-order valence-corrected chi connectivity index (χ3v) is 2.07. The molecule has 0 aliphatic rings. The highest BCUT2D eigenvalue weighted by molar-refractivity contribution is 7.97. The molecule has 0 aliphatic carbocycles. The minimum absolute atomic E-state index is 0.259. The number of hydrogen-bond acceptors (Lipinski definition) is 4. The van der Waals surface area contributed by atoms with Crippen LogP contribution in [0.3, 0.4) is 0 Å². The maximum atomic E-state index is 5.10. The molecular formula is C9H12N4OS. The van der Waals surface area contributed by atoms with E-state index in [1.165, 1.54) is 5.01 Å². The normalized spacial score (nSPS) is 10.9. The van der Waals surface area contributed by atoms with Crippen molar-refractivity contribution in [1.82, 2.24) is 0 Å². The number of hydrogen-bond donors (Lipinski definition) is 2. The molecule has 0 aromatic heterocycles. The summed E-state index contributed by atoms with van der Waals surface area (Å²) in [6, 6.07) is 7.19. The maximum absolute atomic E-state index is 5.10. The zero-order valence-corrected chi connectivity index (χ0v) is 9.19. The van der Waals surface area contributed by atoms with Crippen molar-refractivity contribution < 1.29 is 4.74 Å². The molecule has 0 heterocycles. The van der Waals surface area contributed by atoms with Crippen molar-refractivity contribution in [3.63, 3.8) is 0 Å². The van der Waals surface area contributed by atoms with Crippen LogP contribution in [0.4, 0.5) is 5.69 Å². The Morgan fingerprint density at radius 3 is 2.47 bits per heavy atom. The lowest BCUT2D eigenvalue weighted by Crippen LogP contribution is -2.21. The standard InChI is InChI=1S/C9H12N4OS/c1-11-13(9(15)12-10)7-3-5-8(14-2)6-4-7/h3-6H,1,10H2,2H3,(H,12,15). The first-order valence-corrected chi connectivity index (χ1v) is 4.55. The fraction of sp³-hybridized carbons (Fsp3) is 0.111. The van der Waals surface area contributed by atoms with Gasteiger partial charge in [-0.1, -0.05) is 0 Å². The average Bonchev–Trinajstić information content (AvgIpc) is 2.30. The van der Waals surface area contributed by atoms with Crippen LogP contribution in [-0.2, 0) is 0 Å². The van der Waals surface area contributed by atoms with Gasteiger partial charge in [-0.15, -0.1) is 12.6 Å². The zero-order valence-electron chi connectivity index (χ0n) is 8.29. The van der Waals surface area contributed by atoms with E-state index in [1.54, 1.807) is 31.4 Å². The number of ether oxygens (including phenoxy) is 1. The highest BCUT2D eigenvalue weighted by Gasteiger charge is 2.07. The van der Waals surface area contributed by atoms with Crippen molar-refractivity contribution in [1.29, 1.82) is 0 Å². The molecule has 0 atom stereocenters. The first-order chi connectivity index (χ1) is 7.22. The summed E-state index contributed by atoms with van der Waals surface area (Å²) in [6.07, 6.45) is 0. The van der Waals surface area contributed by atoms with Gasteiger partial charge < -0.3 is 10.6 Å². The molecule has 0 saturated heterocycles. The first-order valence-electron chi connectivity index (χ1n) is 4.10. The molecule has 0 aliphatic heterocycles. The third-order valence-electron chi connectivity index (χ3n) is 1.76. The van der Waals surface area contributed by atoms with E-state index < -0.39 is 0 Å². The van der Waals surface area contributed by atoms with E-state index in [0.29, 0.717) is 0 Å². The molecule has 15 heavy (non-hydrogen) atoms. The van der Waals surface area contributed by atoms with Gasteiger partial charge in [0.1, 0.15) is 5.75 Å². The molecule has 0 bridgehead atoms. The second kappa shape index (κ2) is 5.26. The van der Waals surface area contributed by atoms with Crippen LogP contribution in [0.5, 0.6) is 5.75 Å². The molecule has 6 heteroatoms. The molecule has 1 aromatic rings. The molecule has 80 valence electrons. The van der Waals surface area contributed by atoms with Crippen molar-refractivity contribution >= 4 is 30.2 Å². The van der Waals surface area contributed by atoms with Gasteiger partial charge in [-0.25, -0.2) is 5.01 Å². The lowest BCUT2D eigenvalue weighted by molar-refractivity contribution is 0.415. The molecule has 0 radical (unpaired) electrons. The SMILES string of the molecule is C=NN(/C(S)=N\N)c1ccc(OC)cc1. The van der Waals surface area contributed by atoms with Crippen molar-refractivity contribution in [2.75, 3.05) is 12.1 Å². The van der Waals surface area contributed by atoms with Crippen LogP contribution in [0, 0.1) is 0 Å². The van der Waals surface area contributed by atoms with E-state index in [2.05, 4.69) is 29.5 Å². The number of rotatable bonds is 3. The van der Waals surface area contributed by atoms with Gasteiger partial charge in [-0.3, -0.25) is 0 Å². The summed E-state index contributed by atoms with van der Waals surface area (Å²) in [5.41, 5.74) is 0.755. The predicted molar refractivity (Wildman–Crippen MR) is 65.6 cm³/mol. The smallest absolute Gasteiger partial charge is 0.204 e. The summed E-state index contributed by atoms with van der Waals surface area (Å²) in [5, 5.41) is 8.82. The van der Waals surface area contributed by atoms with Crippen molar-refractivity contribution in [2.45, 2.75) is 0 Å². The minimum Gasteiger partial charge on any atom is -0.497 e. The quantitative estimate of drug-likeness (QED) is 0.267. The summed E-state index contributed by atoms with van der Waals surface area (Å²) in [6.45, 7) is 3.41. The lowest BCUT2D eigenvalue weighted by atomic mass is 10.3. The zero-order chi connectivity index (χ0) is 11.3. The number of amidine groups is 1. The number of thiol groups is 1. The average molecular weight is 224 g/mol. The van der Waals surface area contributed by atoms with Crippen LogP contribution in [0.15, 0.2) is 34.5 Å². The third kappa shape index (κ3) is 2.63. The van der Waals surface area contributed by atoms with Crippen LogP contribution in [0.1, 0.15) is 0 Å². The van der Waals surface area contributed by atoms with E-state index in [1.807, 2.05) is 0 Å². The molecule has 0 unspecified atom stereocenters. The molecule has 2 N–H and O–H groups in total. The topological polar surface area (TPSA) is 63.2 Å². The second-order valence-electron chi connectivity index (χ2n) is 2.58. The number of hydrazone groups is 2. The number of nitrogens with zero attached hydrogens (tertiary/aromatic N) is 3. The monoisotopic (exact) mass is 224 g/mol. The Labute approximate surface area is 93.6 Å². The summed E-state index contributed by atoms with van der Waals surface area (Å²) >= 11 is 4.05. The van der Waals surface area contributed by atoms with Gasteiger partial charge in [-0.05, 0) is 24.3 Å². The van der Waals surface area contributed by atoms with E-state index in [4.69, 9.17) is 10.6 Å². The Morgan fingerprint density at radius 2 is 2.07 bits per heavy atom.